The van der Waals surface area contributed by atoms with E-state index in [1.165, 1.54) is 18.2 Å². The number of benzene rings is 1. The Bertz CT molecular complexity index is 613. The Morgan fingerprint density at radius 2 is 2.10 bits per heavy atom. The summed E-state index contributed by atoms with van der Waals surface area (Å²) in [6.07, 6.45) is 0.741. The molecule has 0 unspecified atom stereocenters. The van der Waals surface area contributed by atoms with Gasteiger partial charge in [0.1, 0.15) is 11.6 Å². The second kappa shape index (κ2) is 6.10. The molecule has 5 nitrogen and oxygen atoms in total. The molecule has 0 aliphatic heterocycles. The Morgan fingerprint density at radius 1 is 1.30 bits per heavy atom. The number of aryl methyl sites for hydroxylation is 1. The van der Waals surface area contributed by atoms with Gasteiger partial charge in [0.05, 0.1) is 0 Å². The van der Waals surface area contributed by atoms with Gasteiger partial charge in [-0.1, -0.05) is 6.07 Å². The highest BCUT2D eigenvalue weighted by atomic mass is 19.1. The van der Waals surface area contributed by atoms with Crippen LogP contribution in [0.1, 0.15) is 21.6 Å². The van der Waals surface area contributed by atoms with Crippen molar-refractivity contribution in [1.82, 2.24) is 10.2 Å². The molecule has 0 radical (unpaired) electrons. The van der Waals surface area contributed by atoms with Crippen LogP contribution in [-0.2, 0) is 6.42 Å². The van der Waals surface area contributed by atoms with Crippen LogP contribution in [-0.4, -0.2) is 22.6 Å². The summed E-state index contributed by atoms with van der Waals surface area (Å²) in [5.74, 6) is -0.270. The van der Waals surface area contributed by atoms with Crippen LogP contribution in [0.25, 0.3) is 0 Å². The van der Waals surface area contributed by atoms with E-state index >= 15 is 0 Å². The average Bonchev–Trinajstić information content (AvgIpc) is 2.42. The molecule has 0 fully saturated rings. The van der Waals surface area contributed by atoms with Crippen molar-refractivity contribution in [3.63, 3.8) is 0 Å². The molecule has 0 aliphatic carbocycles. The first-order chi connectivity index (χ1) is 9.56. The van der Waals surface area contributed by atoms with E-state index < -0.39 is 5.91 Å². The lowest BCUT2D eigenvalue weighted by Gasteiger charge is -2.07. The minimum atomic E-state index is -0.606. The largest absolute Gasteiger partial charge is 0.368 e. The lowest BCUT2D eigenvalue weighted by atomic mass is 10.1. The first kappa shape index (κ1) is 13.9. The molecule has 104 valence electrons. The molecule has 2 aromatic rings. The number of rotatable bonds is 5. The first-order valence-corrected chi connectivity index (χ1v) is 6.18. The summed E-state index contributed by atoms with van der Waals surface area (Å²) in [7, 11) is 0. The van der Waals surface area contributed by atoms with E-state index in [9.17, 15) is 9.18 Å². The van der Waals surface area contributed by atoms with Crippen molar-refractivity contribution in [3.8, 4) is 0 Å². The van der Waals surface area contributed by atoms with Crippen LogP contribution in [0, 0.1) is 12.7 Å². The predicted molar refractivity (Wildman–Crippen MR) is 73.9 cm³/mol. The summed E-state index contributed by atoms with van der Waals surface area (Å²) in [6, 6.07) is 7.89. The van der Waals surface area contributed by atoms with E-state index in [2.05, 4.69) is 15.5 Å². The van der Waals surface area contributed by atoms with Gasteiger partial charge < -0.3 is 11.1 Å². The molecule has 6 heteroatoms. The van der Waals surface area contributed by atoms with Crippen LogP contribution in [0.5, 0.6) is 0 Å². The summed E-state index contributed by atoms with van der Waals surface area (Å²) in [5, 5.41) is 10.6. The van der Waals surface area contributed by atoms with E-state index in [4.69, 9.17) is 5.73 Å². The maximum absolute atomic E-state index is 13.0. The Morgan fingerprint density at radius 3 is 2.70 bits per heavy atom. The van der Waals surface area contributed by atoms with Gasteiger partial charge in [0.25, 0.3) is 5.91 Å². The number of hydrogen-bond donors (Lipinski definition) is 2. The van der Waals surface area contributed by atoms with E-state index in [-0.39, 0.29) is 11.5 Å². The van der Waals surface area contributed by atoms with Crippen molar-refractivity contribution in [1.29, 1.82) is 0 Å². The number of carbonyl (C=O) groups is 1. The zero-order chi connectivity index (χ0) is 14.5. The molecule has 3 N–H and O–H groups in total. The van der Waals surface area contributed by atoms with E-state index in [1.807, 2.05) is 6.92 Å². The molecular formula is C14H15FN4O. The van der Waals surface area contributed by atoms with Crippen molar-refractivity contribution < 1.29 is 9.18 Å². The fourth-order valence-corrected chi connectivity index (χ4v) is 1.82. The van der Waals surface area contributed by atoms with Crippen molar-refractivity contribution in [2.75, 3.05) is 11.9 Å². The number of nitrogens with two attached hydrogens (primary N) is 1. The van der Waals surface area contributed by atoms with E-state index in [1.54, 1.807) is 12.1 Å². The van der Waals surface area contributed by atoms with Gasteiger partial charge in [-0.25, -0.2) is 4.39 Å². The van der Waals surface area contributed by atoms with E-state index in [0.29, 0.717) is 12.4 Å². The third-order valence-corrected chi connectivity index (χ3v) is 2.92. The molecule has 1 aromatic heterocycles. The zero-order valence-corrected chi connectivity index (χ0v) is 11.1. The quantitative estimate of drug-likeness (QED) is 0.869. The highest BCUT2D eigenvalue weighted by molar-refractivity contribution is 5.90. The molecule has 0 saturated heterocycles. The van der Waals surface area contributed by atoms with Gasteiger partial charge >= 0.3 is 0 Å². The summed E-state index contributed by atoms with van der Waals surface area (Å²) in [6.45, 7) is 2.51. The van der Waals surface area contributed by atoms with Gasteiger partial charge in [-0.3, -0.25) is 4.79 Å². The number of aromatic nitrogens is 2. The highest BCUT2D eigenvalue weighted by Crippen LogP contribution is 2.11. The topological polar surface area (TPSA) is 80.9 Å². The van der Waals surface area contributed by atoms with Crippen LogP contribution in [0.3, 0.4) is 0 Å². The third kappa shape index (κ3) is 3.50. The number of halogens is 1. The number of anilines is 1. The number of primary amides is 1. The SMILES string of the molecule is Cc1cc(F)ccc1CCNc1ccc(C(N)=O)nn1. The number of hydrogen-bond acceptors (Lipinski definition) is 4. The maximum Gasteiger partial charge on any atom is 0.269 e. The predicted octanol–water partition coefficient (Wildman–Crippen LogP) is 1.68. The summed E-state index contributed by atoms with van der Waals surface area (Å²) in [4.78, 5) is 10.8. The Labute approximate surface area is 116 Å². The van der Waals surface area contributed by atoms with Gasteiger partial charge in [0.2, 0.25) is 0 Å². The van der Waals surface area contributed by atoms with E-state index in [0.717, 1.165) is 17.5 Å². The first-order valence-electron chi connectivity index (χ1n) is 6.18. The van der Waals surface area contributed by atoms with Gasteiger partial charge in [-0.05, 0) is 48.7 Å². The second-order valence-electron chi connectivity index (χ2n) is 4.42. The number of amides is 1. The highest BCUT2D eigenvalue weighted by Gasteiger charge is 2.03. The number of nitrogens with one attached hydrogen (secondary N) is 1. The Kier molecular flexibility index (Phi) is 4.24. The van der Waals surface area contributed by atoms with Gasteiger partial charge in [-0.15, -0.1) is 10.2 Å². The maximum atomic E-state index is 13.0. The Hall–Kier alpha value is -2.50. The molecule has 1 heterocycles. The standard InChI is InChI=1S/C14H15FN4O/c1-9-8-11(15)3-2-10(9)6-7-17-13-5-4-12(14(16)20)18-19-13/h2-5,8H,6-7H2,1H3,(H2,16,20)(H,17,19). The number of carbonyl (C=O) groups excluding carboxylic acids is 1. The molecule has 0 saturated carbocycles. The van der Waals surface area contributed by atoms with Crippen LogP contribution in [0.2, 0.25) is 0 Å². The lowest BCUT2D eigenvalue weighted by molar-refractivity contribution is 0.0994. The minimum absolute atomic E-state index is 0.130. The second-order valence-corrected chi connectivity index (χ2v) is 4.42. The van der Waals surface area contributed by atoms with Crippen molar-refractivity contribution in [3.05, 3.63) is 53.0 Å². The molecular weight excluding hydrogens is 259 g/mol. The van der Waals surface area contributed by atoms with Crippen LogP contribution in [0.4, 0.5) is 10.2 Å². The summed E-state index contributed by atoms with van der Waals surface area (Å²) >= 11 is 0. The van der Waals surface area contributed by atoms with Crippen LogP contribution < -0.4 is 11.1 Å². The summed E-state index contributed by atoms with van der Waals surface area (Å²) in [5.41, 5.74) is 7.19. The molecule has 2 rings (SSSR count). The van der Waals surface area contributed by atoms with Gasteiger partial charge in [-0.2, -0.15) is 0 Å². The smallest absolute Gasteiger partial charge is 0.269 e. The fourth-order valence-electron chi connectivity index (χ4n) is 1.82. The normalized spacial score (nSPS) is 10.3. The van der Waals surface area contributed by atoms with Crippen molar-refractivity contribution in [2.24, 2.45) is 5.73 Å². The molecule has 0 aliphatic rings. The molecule has 0 spiro atoms. The molecule has 20 heavy (non-hydrogen) atoms. The monoisotopic (exact) mass is 274 g/mol. The van der Waals surface area contributed by atoms with Gasteiger partial charge in [0, 0.05) is 6.54 Å². The van der Waals surface area contributed by atoms with Crippen LogP contribution in [0.15, 0.2) is 30.3 Å². The fraction of sp³-hybridized carbons (Fsp3) is 0.214. The van der Waals surface area contributed by atoms with Gasteiger partial charge in [0.15, 0.2) is 5.69 Å². The molecule has 0 atom stereocenters. The third-order valence-electron chi connectivity index (χ3n) is 2.92. The van der Waals surface area contributed by atoms with Crippen LogP contribution >= 0.6 is 0 Å². The molecule has 0 bridgehead atoms. The zero-order valence-electron chi connectivity index (χ0n) is 11.1. The minimum Gasteiger partial charge on any atom is -0.368 e. The molecule has 1 amide bonds. The van der Waals surface area contributed by atoms with Crippen molar-refractivity contribution in [2.45, 2.75) is 13.3 Å². The average molecular weight is 274 g/mol. The lowest BCUT2D eigenvalue weighted by Crippen LogP contribution is -2.14. The molecule has 1 aromatic carbocycles. The number of nitrogens with zero attached hydrogens (tertiary/aromatic N) is 2. The summed E-state index contributed by atoms with van der Waals surface area (Å²) < 4.78 is 13.0. The Balaban J connectivity index is 1.91. The van der Waals surface area contributed by atoms with Crippen molar-refractivity contribution >= 4 is 11.7 Å².